The Morgan fingerprint density at radius 1 is 1.53 bits per heavy atom. The van der Waals surface area contributed by atoms with Crippen LogP contribution in [0.2, 0.25) is 0 Å². The number of hydrogen-bond donors (Lipinski definition) is 1. The van der Waals surface area contributed by atoms with E-state index in [0.717, 1.165) is 6.54 Å². The van der Waals surface area contributed by atoms with Crippen molar-refractivity contribution in [2.24, 2.45) is 0 Å². The predicted octanol–water partition coefficient (Wildman–Crippen LogP) is 1.48. The minimum absolute atomic E-state index is 0.0355. The number of benzene rings is 1. The summed E-state index contributed by atoms with van der Waals surface area (Å²) in [7, 11) is 1.83. The molecular weight excluding hydrogens is 222 g/mol. The number of amides is 1. The van der Waals surface area contributed by atoms with Crippen LogP contribution in [-0.2, 0) is 4.79 Å². The van der Waals surface area contributed by atoms with Gasteiger partial charge in [-0.3, -0.25) is 19.8 Å². The summed E-state index contributed by atoms with van der Waals surface area (Å²) in [5.74, 6) is -0.185. The number of nitrogens with one attached hydrogen (secondary N) is 1. The molecule has 0 atom stereocenters. The minimum Gasteiger partial charge on any atom is -0.325 e. The number of carbonyl (C=O) groups excluding carboxylic acids is 1. The first-order valence-corrected chi connectivity index (χ1v) is 5.25. The van der Waals surface area contributed by atoms with Gasteiger partial charge < -0.3 is 5.32 Å². The molecule has 0 radical (unpaired) electrons. The first-order chi connectivity index (χ1) is 8.02. The summed E-state index contributed by atoms with van der Waals surface area (Å²) >= 11 is 0. The highest BCUT2D eigenvalue weighted by atomic mass is 16.6. The summed E-state index contributed by atoms with van der Waals surface area (Å²) in [6.07, 6.45) is 0. The Balaban J connectivity index is 2.65. The zero-order chi connectivity index (χ0) is 12.8. The Hall–Kier alpha value is -1.95. The second kappa shape index (κ2) is 5.95. The second-order valence-corrected chi connectivity index (χ2v) is 3.69. The molecule has 1 rings (SSSR count). The highest BCUT2D eigenvalue weighted by Gasteiger charge is 2.09. The van der Waals surface area contributed by atoms with Crippen LogP contribution >= 0.6 is 0 Å². The van der Waals surface area contributed by atoms with Gasteiger partial charge in [-0.2, -0.15) is 0 Å². The Kier molecular flexibility index (Phi) is 4.59. The van der Waals surface area contributed by atoms with Gasteiger partial charge in [-0.05, 0) is 19.7 Å². The highest BCUT2D eigenvalue weighted by Crippen LogP contribution is 2.16. The third-order valence-electron chi connectivity index (χ3n) is 2.29. The molecule has 1 N–H and O–H groups in total. The van der Waals surface area contributed by atoms with Crippen molar-refractivity contribution in [2.75, 3.05) is 25.5 Å². The maximum atomic E-state index is 11.5. The van der Waals surface area contributed by atoms with Crippen molar-refractivity contribution in [2.45, 2.75) is 6.92 Å². The molecule has 0 aliphatic rings. The van der Waals surface area contributed by atoms with E-state index in [1.54, 1.807) is 6.07 Å². The molecule has 0 spiro atoms. The lowest BCUT2D eigenvalue weighted by atomic mass is 10.3. The third-order valence-corrected chi connectivity index (χ3v) is 2.29. The van der Waals surface area contributed by atoms with Gasteiger partial charge in [0.1, 0.15) is 0 Å². The number of anilines is 1. The fourth-order valence-corrected chi connectivity index (χ4v) is 1.25. The van der Waals surface area contributed by atoms with Crippen molar-refractivity contribution >= 4 is 17.3 Å². The van der Waals surface area contributed by atoms with Crippen LogP contribution in [0.3, 0.4) is 0 Å². The Bertz CT molecular complexity index is 420. The predicted molar refractivity (Wildman–Crippen MR) is 64.9 cm³/mol. The molecule has 0 unspecified atom stereocenters. The maximum Gasteiger partial charge on any atom is 0.271 e. The normalized spacial score (nSPS) is 10.3. The van der Waals surface area contributed by atoms with Crippen molar-refractivity contribution in [1.29, 1.82) is 0 Å². The molecule has 0 saturated heterocycles. The van der Waals surface area contributed by atoms with Crippen molar-refractivity contribution in [3.63, 3.8) is 0 Å². The van der Waals surface area contributed by atoms with Crippen LogP contribution in [-0.4, -0.2) is 35.9 Å². The topological polar surface area (TPSA) is 75.5 Å². The Morgan fingerprint density at radius 2 is 2.24 bits per heavy atom. The van der Waals surface area contributed by atoms with Crippen LogP contribution in [0.4, 0.5) is 11.4 Å². The average molecular weight is 237 g/mol. The number of nitro benzene ring substituents is 1. The van der Waals surface area contributed by atoms with E-state index in [2.05, 4.69) is 5.32 Å². The molecule has 0 saturated carbocycles. The summed E-state index contributed by atoms with van der Waals surface area (Å²) in [6, 6.07) is 5.88. The van der Waals surface area contributed by atoms with Gasteiger partial charge in [-0.25, -0.2) is 0 Å². The molecule has 0 aromatic heterocycles. The molecule has 0 bridgehead atoms. The number of likely N-dealkylation sites (N-methyl/N-ethyl adjacent to an activating group) is 1. The van der Waals surface area contributed by atoms with E-state index < -0.39 is 4.92 Å². The largest absolute Gasteiger partial charge is 0.325 e. The summed E-state index contributed by atoms with van der Waals surface area (Å²) in [5, 5.41) is 13.2. The van der Waals surface area contributed by atoms with Gasteiger partial charge in [-0.15, -0.1) is 0 Å². The smallest absolute Gasteiger partial charge is 0.271 e. The van der Waals surface area contributed by atoms with Gasteiger partial charge in [0.25, 0.3) is 5.69 Å². The van der Waals surface area contributed by atoms with E-state index in [1.807, 2.05) is 18.9 Å². The fourth-order valence-electron chi connectivity index (χ4n) is 1.25. The SMILES string of the molecule is CCN(C)CC(=O)Nc1cccc([N+](=O)[O-])c1. The molecule has 0 aliphatic heterocycles. The first kappa shape index (κ1) is 13.1. The zero-order valence-electron chi connectivity index (χ0n) is 9.84. The number of hydrogen-bond acceptors (Lipinski definition) is 4. The third kappa shape index (κ3) is 4.20. The van der Waals surface area contributed by atoms with Gasteiger partial charge in [0.15, 0.2) is 0 Å². The number of nitrogens with zero attached hydrogens (tertiary/aromatic N) is 2. The molecular formula is C11H15N3O3. The van der Waals surface area contributed by atoms with Crippen LogP contribution in [0, 0.1) is 10.1 Å². The molecule has 1 aromatic carbocycles. The van der Waals surface area contributed by atoms with Gasteiger partial charge in [0.2, 0.25) is 5.91 Å². The lowest BCUT2D eigenvalue weighted by Gasteiger charge is -2.13. The van der Waals surface area contributed by atoms with Gasteiger partial charge in [-0.1, -0.05) is 13.0 Å². The number of rotatable bonds is 5. The minimum atomic E-state index is -0.492. The monoisotopic (exact) mass is 237 g/mol. The van der Waals surface area contributed by atoms with E-state index >= 15 is 0 Å². The van der Waals surface area contributed by atoms with Gasteiger partial charge >= 0.3 is 0 Å². The van der Waals surface area contributed by atoms with E-state index in [-0.39, 0.29) is 18.1 Å². The van der Waals surface area contributed by atoms with Crippen LogP contribution in [0.15, 0.2) is 24.3 Å². The summed E-state index contributed by atoms with van der Waals surface area (Å²) in [5.41, 5.74) is 0.403. The lowest BCUT2D eigenvalue weighted by Crippen LogP contribution is -2.29. The van der Waals surface area contributed by atoms with Crippen molar-refractivity contribution in [3.8, 4) is 0 Å². The fraction of sp³-hybridized carbons (Fsp3) is 0.364. The van der Waals surface area contributed by atoms with Crippen molar-refractivity contribution in [1.82, 2.24) is 4.90 Å². The molecule has 6 nitrogen and oxygen atoms in total. The molecule has 1 aromatic rings. The second-order valence-electron chi connectivity index (χ2n) is 3.69. The van der Waals surface area contributed by atoms with Gasteiger partial charge in [0, 0.05) is 17.8 Å². The Morgan fingerprint density at radius 3 is 2.82 bits per heavy atom. The first-order valence-electron chi connectivity index (χ1n) is 5.25. The summed E-state index contributed by atoms with van der Waals surface area (Å²) in [6.45, 7) is 2.97. The van der Waals surface area contributed by atoms with Crippen LogP contribution in [0.25, 0.3) is 0 Å². The lowest BCUT2D eigenvalue weighted by molar-refractivity contribution is -0.384. The number of carbonyl (C=O) groups is 1. The van der Waals surface area contributed by atoms with E-state index in [0.29, 0.717) is 5.69 Å². The zero-order valence-corrected chi connectivity index (χ0v) is 9.84. The van der Waals surface area contributed by atoms with E-state index in [9.17, 15) is 14.9 Å². The molecule has 0 fully saturated rings. The van der Waals surface area contributed by atoms with Crippen LogP contribution in [0.1, 0.15) is 6.92 Å². The molecule has 17 heavy (non-hydrogen) atoms. The summed E-state index contributed by atoms with van der Waals surface area (Å²) in [4.78, 5) is 23.4. The van der Waals surface area contributed by atoms with Crippen molar-refractivity contribution in [3.05, 3.63) is 34.4 Å². The molecule has 1 amide bonds. The quantitative estimate of drug-likeness (QED) is 0.621. The van der Waals surface area contributed by atoms with Gasteiger partial charge in [0.05, 0.1) is 11.5 Å². The highest BCUT2D eigenvalue weighted by molar-refractivity contribution is 5.92. The van der Waals surface area contributed by atoms with E-state index in [1.165, 1.54) is 18.2 Å². The standard InChI is InChI=1S/C11H15N3O3/c1-3-13(2)8-11(15)12-9-5-4-6-10(7-9)14(16)17/h4-7H,3,8H2,1-2H3,(H,12,15). The molecule has 92 valence electrons. The number of nitro groups is 1. The molecule has 0 aliphatic carbocycles. The Labute approximate surface area is 99.4 Å². The molecule has 6 heteroatoms. The molecule has 0 heterocycles. The summed E-state index contributed by atoms with van der Waals surface area (Å²) < 4.78 is 0. The van der Waals surface area contributed by atoms with Crippen molar-refractivity contribution < 1.29 is 9.72 Å². The number of non-ortho nitro benzene ring substituents is 1. The van der Waals surface area contributed by atoms with E-state index in [4.69, 9.17) is 0 Å². The van der Waals surface area contributed by atoms with Crippen LogP contribution < -0.4 is 5.32 Å². The average Bonchev–Trinajstić information content (AvgIpc) is 2.28. The van der Waals surface area contributed by atoms with Crippen LogP contribution in [0.5, 0.6) is 0 Å². The maximum absolute atomic E-state index is 11.5.